The molecule has 0 amide bonds. The van der Waals surface area contributed by atoms with E-state index < -0.39 is 23.1 Å². The molecule has 1 heterocycles. The summed E-state index contributed by atoms with van der Waals surface area (Å²) in [5.41, 5.74) is 5.37. The van der Waals surface area contributed by atoms with Gasteiger partial charge in [-0.05, 0) is 6.54 Å². The first-order chi connectivity index (χ1) is 8.11. The Morgan fingerprint density at radius 1 is 1.18 bits per heavy atom. The van der Waals surface area contributed by atoms with E-state index in [1.165, 1.54) is 6.20 Å². The number of rotatable bonds is 3. The van der Waals surface area contributed by atoms with Crippen LogP contribution in [0, 0.1) is 17.5 Å². The molecule has 0 aliphatic heterocycles. The molecule has 0 aliphatic rings. The molecule has 1 aromatic carbocycles. The van der Waals surface area contributed by atoms with Crippen LogP contribution in [0.25, 0.3) is 5.69 Å². The van der Waals surface area contributed by atoms with Gasteiger partial charge in [-0.1, -0.05) is 5.21 Å². The summed E-state index contributed by atoms with van der Waals surface area (Å²) in [7, 11) is 0. The Kier molecular flexibility index (Phi) is 3.10. The number of benzene rings is 1. The van der Waals surface area contributed by atoms with E-state index in [1.807, 2.05) is 0 Å². The van der Waals surface area contributed by atoms with Gasteiger partial charge in [-0.2, -0.15) is 0 Å². The van der Waals surface area contributed by atoms with Crippen LogP contribution >= 0.6 is 0 Å². The van der Waals surface area contributed by atoms with Crippen LogP contribution in [0.15, 0.2) is 18.3 Å². The first kappa shape index (κ1) is 11.6. The lowest BCUT2D eigenvalue weighted by molar-refractivity contribution is 0.526. The highest BCUT2D eigenvalue weighted by molar-refractivity contribution is 5.34. The van der Waals surface area contributed by atoms with Gasteiger partial charge in [0, 0.05) is 18.6 Å². The van der Waals surface area contributed by atoms with Gasteiger partial charge in [-0.15, -0.1) is 5.10 Å². The van der Waals surface area contributed by atoms with Crippen molar-refractivity contribution in [3.05, 3.63) is 41.5 Å². The molecule has 0 saturated carbocycles. The van der Waals surface area contributed by atoms with Crippen LogP contribution in [0.3, 0.4) is 0 Å². The summed E-state index contributed by atoms with van der Waals surface area (Å²) >= 11 is 0. The number of halogens is 3. The van der Waals surface area contributed by atoms with Crippen LogP contribution in [0.1, 0.15) is 5.69 Å². The molecule has 4 nitrogen and oxygen atoms in total. The summed E-state index contributed by atoms with van der Waals surface area (Å²) in [6.45, 7) is 0.354. The van der Waals surface area contributed by atoms with Gasteiger partial charge in [0.15, 0.2) is 11.6 Å². The first-order valence-corrected chi connectivity index (χ1v) is 4.88. The minimum atomic E-state index is -1.04. The standard InChI is InChI=1S/C10H9F3N4/c11-6-3-8(12)10(9(13)4-6)17-5-7(1-2-14)15-16-17/h3-5H,1-2,14H2. The number of nitrogens with zero attached hydrogens (tertiary/aromatic N) is 3. The van der Waals surface area contributed by atoms with Crippen molar-refractivity contribution in [1.82, 2.24) is 15.0 Å². The van der Waals surface area contributed by atoms with Crippen LogP contribution < -0.4 is 5.73 Å². The van der Waals surface area contributed by atoms with Crippen molar-refractivity contribution in [3.63, 3.8) is 0 Å². The number of nitrogens with two attached hydrogens (primary N) is 1. The van der Waals surface area contributed by atoms with E-state index in [9.17, 15) is 13.2 Å². The largest absolute Gasteiger partial charge is 0.330 e. The second-order valence-corrected chi connectivity index (χ2v) is 3.41. The van der Waals surface area contributed by atoms with Crippen molar-refractivity contribution in [1.29, 1.82) is 0 Å². The molecule has 0 aliphatic carbocycles. The van der Waals surface area contributed by atoms with Gasteiger partial charge in [0.1, 0.15) is 11.5 Å². The lowest BCUT2D eigenvalue weighted by Crippen LogP contribution is -2.04. The molecule has 0 unspecified atom stereocenters. The number of hydrogen-bond acceptors (Lipinski definition) is 3. The summed E-state index contributed by atoms with van der Waals surface area (Å²) < 4.78 is 40.4. The lowest BCUT2D eigenvalue weighted by atomic mass is 10.2. The molecule has 7 heteroatoms. The highest BCUT2D eigenvalue weighted by Crippen LogP contribution is 2.18. The van der Waals surface area contributed by atoms with Crippen LogP contribution in [0.4, 0.5) is 13.2 Å². The average Bonchev–Trinajstić information content (AvgIpc) is 2.65. The second kappa shape index (κ2) is 4.54. The second-order valence-electron chi connectivity index (χ2n) is 3.41. The number of aromatic nitrogens is 3. The van der Waals surface area contributed by atoms with E-state index in [1.54, 1.807) is 0 Å². The fraction of sp³-hybridized carbons (Fsp3) is 0.200. The molecule has 2 aromatic rings. The van der Waals surface area contributed by atoms with Gasteiger partial charge in [0.2, 0.25) is 0 Å². The monoisotopic (exact) mass is 242 g/mol. The molecule has 0 radical (unpaired) electrons. The smallest absolute Gasteiger partial charge is 0.154 e. The maximum Gasteiger partial charge on any atom is 0.154 e. The fourth-order valence-corrected chi connectivity index (χ4v) is 1.42. The van der Waals surface area contributed by atoms with E-state index in [2.05, 4.69) is 10.3 Å². The summed E-state index contributed by atoms with van der Waals surface area (Å²) in [4.78, 5) is 0. The Labute approximate surface area is 94.9 Å². The Morgan fingerprint density at radius 3 is 2.41 bits per heavy atom. The molecule has 90 valence electrons. The quantitative estimate of drug-likeness (QED) is 0.879. The normalized spacial score (nSPS) is 10.8. The maximum atomic E-state index is 13.4. The Bertz CT molecular complexity index is 515. The minimum Gasteiger partial charge on any atom is -0.330 e. The van der Waals surface area contributed by atoms with Crippen LogP contribution in [0.2, 0.25) is 0 Å². The fourth-order valence-electron chi connectivity index (χ4n) is 1.42. The van der Waals surface area contributed by atoms with Crippen LogP contribution in [-0.2, 0) is 6.42 Å². The summed E-state index contributed by atoms with van der Waals surface area (Å²) in [6.07, 6.45) is 1.80. The van der Waals surface area contributed by atoms with E-state index in [-0.39, 0.29) is 0 Å². The van der Waals surface area contributed by atoms with Gasteiger partial charge in [-0.25, -0.2) is 17.9 Å². The Morgan fingerprint density at radius 2 is 1.82 bits per heavy atom. The molecule has 0 spiro atoms. The summed E-state index contributed by atoms with van der Waals surface area (Å²) in [5.74, 6) is -3.05. The SMILES string of the molecule is NCCc1cn(-c2c(F)cc(F)cc2F)nn1. The summed E-state index contributed by atoms with van der Waals surface area (Å²) in [5, 5.41) is 7.26. The third-order valence-electron chi connectivity index (χ3n) is 2.15. The van der Waals surface area contributed by atoms with Crippen LogP contribution in [0.5, 0.6) is 0 Å². The molecule has 0 fully saturated rings. The maximum absolute atomic E-state index is 13.4. The molecule has 0 saturated heterocycles. The van der Waals surface area contributed by atoms with Gasteiger partial charge in [0.05, 0.1) is 11.9 Å². The van der Waals surface area contributed by atoms with Crippen molar-refractivity contribution in [2.24, 2.45) is 5.73 Å². The van der Waals surface area contributed by atoms with Crippen LogP contribution in [-0.4, -0.2) is 21.5 Å². The molecule has 2 N–H and O–H groups in total. The Hall–Kier alpha value is -1.89. The van der Waals surface area contributed by atoms with E-state index in [0.717, 1.165) is 4.68 Å². The first-order valence-electron chi connectivity index (χ1n) is 4.88. The predicted molar refractivity (Wildman–Crippen MR) is 54.0 cm³/mol. The zero-order valence-electron chi connectivity index (χ0n) is 8.70. The predicted octanol–water partition coefficient (Wildman–Crippen LogP) is 1.19. The zero-order valence-corrected chi connectivity index (χ0v) is 8.70. The average molecular weight is 242 g/mol. The summed E-state index contributed by atoms with van der Waals surface area (Å²) in [6, 6.07) is 1.17. The highest BCUT2D eigenvalue weighted by Gasteiger charge is 2.15. The van der Waals surface area contributed by atoms with Crippen molar-refractivity contribution in [3.8, 4) is 5.69 Å². The van der Waals surface area contributed by atoms with Gasteiger partial charge >= 0.3 is 0 Å². The zero-order chi connectivity index (χ0) is 12.4. The van der Waals surface area contributed by atoms with Gasteiger partial charge in [0.25, 0.3) is 0 Å². The molecule has 0 bridgehead atoms. The molecular formula is C10H9F3N4. The number of hydrogen-bond donors (Lipinski definition) is 1. The molecule has 1 aromatic heterocycles. The highest BCUT2D eigenvalue weighted by atomic mass is 19.1. The molecular weight excluding hydrogens is 233 g/mol. The van der Waals surface area contributed by atoms with Crippen molar-refractivity contribution >= 4 is 0 Å². The van der Waals surface area contributed by atoms with E-state index >= 15 is 0 Å². The van der Waals surface area contributed by atoms with Crippen molar-refractivity contribution < 1.29 is 13.2 Å². The van der Waals surface area contributed by atoms with Gasteiger partial charge in [-0.3, -0.25) is 0 Å². The Balaban J connectivity index is 2.45. The van der Waals surface area contributed by atoms with Crippen molar-refractivity contribution in [2.45, 2.75) is 6.42 Å². The van der Waals surface area contributed by atoms with Gasteiger partial charge < -0.3 is 5.73 Å². The molecule has 0 atom stereocenters. The third kappa shape index (κ3) is 2.28. The van der Waals surface area contributed by atoms with Crippen molar-refractivity contribution in [2.75, 3.05) is 6.54 Å². The minimum absolute atomic E-state index is 0.354. The topological polar surface area (TPSA) is 56.7 Å². The molecule has 2 rings (SSSR count). The van der Waals surface area contributed by atoms with E-state index in [0.29, 0.717) is 30.8 Å². The molecule has 17 heavy (non-hydrogen) atoms. The lowest BCUT2D eigenvalue weighted by Gasteiger charge is -2.03. The van der Waals surface area contributed by atoms with E-state index in [4.69, 9.17) is 5.73 Å². The third-order valence-corrected chi connectivity index (χ3v) is 2.15.